The Bertz CT molecular complexity index is 936. The minimum Gasteiger partial charge on any atom is -0.508 e. The fraction of sp³-hybridized carbons (Fsp3) is 0.429. The molecule has 0 aromatic heterocycles. The molecule has 35 heavy (non-hydrogen) atoms. The number of carbonyl (C=O) groups is 5. The average molecular weight is 493 g/mol. The van der Waals surface area contributed by atoms with E-state index >= 15 is 0 Å². The predicted molar refractivity (Wildman–Crippen MR) is 125 cm³/mol. The second-order valence-corrected chi connectivity index (χ2v) is 7.80. The third-order valence-electron chi connectivity index (χ3n) is 4.75. The highest BCUT2D eigenvalue weighted by atomic mass is 16.3. The molecule has 0 saturated heterocycles. The van der Waals surface area contributed by atoms with E-state index in [0.29, 0.717) is 12.0 Å². The van der Waals surface area contributed by atoms with Crippen LogP contribution in [0.5, 0.6) is 5.75 Å². The van der Waals surface area contributed by atoms with E-state index in [4.69, 9.17) is 22.6 Å². The van der Waals surface area contributed by atoms with Crippen LogP contribution >= 0.6 is 0 Å². The lowest BCUT2D eigenvalue weighted by Gasteiger charge is -2.24. The monoisotopic (exact) mass is 492 g/mol. The molecule has 0 aliphatic carbocycles. The Kier molecular flexibility index (Phi) is 11.5. The van der Waals surface area contributed by atoms with Gasteiger partial charge in [0.1, 0.15) is 23.9 Å². The van der Waals surface area contributed by atoms with E-state index in [1.54, 1.807) is 12.1 Å². The number of nitrogens with one attached hydrogen (secondary N) is 5. The molecule has 0 unspecified atom stereocenters. The van der Waals surface area contributed by atoms with Gasteiger partial charge in [0.25, 0.3) is 0 Å². The summed E-state index contributed by atoms with van der Waals surface area (Å²) in [4.78, 5) is 60.6. The highest BCUT2D eigenvalue weighted by Gasteiger charge is 2.29. The van der Waals surface area contributed by atoms with Gasteiger partial charge in [-0.15, -0.1) is 0 Å². The van der Waals surface area contributed by atoms with E-state index in [9.17, 15) is 29.1 Å². The zero-order chi connectivity index (χ0) is 26.5. The van der Waals surface area contributed by atoms with Gasteiger partial charge in [-0.1, -0.05) is 12.1 Å². The summed E-state index contributed by atoms with van der Waals surface area (Å²) in [6, 6.07) is 2.22. The standard InChI is InChI=1S/C21H32N8O6/c1-11(30)27-14(3-2-8-26-21(24)25)19(34)29-16(10-17(22)32)20(35)28-15(18(23)33)9-12-4-6-13(31)7-5-12/h4-7,14-16,31H,2-3,8-10H2,1H3,(H2,22,32)(H2,23,33)(H,27,30)(H,28,35)(H,29,34)(H4,24,25,26)/t14-,15-,16-/m0/s1. The van der Waals surface area contributed by atoms with Gasteiger partial charge in [-0.25, -0.2) is 0 Å². The van der Waals surface area contributed by atoms with Crippen molar-refractivity contribution in [1.29, 1.82) is 5.41 Å². The van der Waals surface area contributed by atoms with Crippen molar-refractivity contribution in [2.75, 3.05) is 6.54 Å². The summed E-state index contributed by atoms with van der Waals surface area (Å²) in [6.45, 7) is 1.48. The van der Waals surface area contributed by atoms with Crippen LogP contribution in [0.4, 0.5) is 0 Å². The van der Waals surface area contributed by atoms with Crippen LogP contribution in [0.15, 0.2) is 24.3 Å². The molecular formula is C21H32N8O6. The van der Waals surface area contributed by atoms with Crippen LogP contribution in [0.3, 0.4) is 0 Å². The molecular weight excluding hydrogens is 460 g/mol. The Morgan fingerprint density at radius 2 is 1.49 bits per heavy atom. The first-order valence-corrected chi connectivity index (χ1v) is 10.7. The SMILES string of the molecule is CC(=O)N[C@@H](CCCNC(=N)N)C(=O)N[C@@H](CC(N)=O)C(=O)N[C@@H](Cc1ccc(O)cc1)C(N)=O. The van der Waals surface area contributed by atoms with E-state index in [-0.39, 0.29) is 31.1 Å². The number of rotatable bonds is 14. The second kappa shape index (κ2) is 14.0. The van der Waals surface area contributed by atoms with Crippen LogP contribution in [0.2, 0.25) is 0 Å². The lowest BCUT2D eigenvalue weighted by atomic mass is 10.0. The molecule has 192 valence electrons. The van der Waals surface area contributed by atoms with Crippen LogP contribution in [-0.4, -0.2) is 65.3 Å². The Hall–Kier alpha value is -4.36. The van der Waals surface area contributed by atoms with Crippen molar-refractivity contribution in [1.82, 2.24) is 21.3 Å². The van der Waals surface area contributed by atoms with E-state index in [0.717, 1.165) is 0 Å². The maximum absolute atomic E-state index is 12.8. The Labute approximate surface area is 201 Å². The third kappa shape index (κ3) is 11.4. The Balaban J connectivity index is 2.92. The molecule has 0 aliphatic rings. The molecule has 0 radical (unpaired) electrons. The number of hydrogen-bond acceptors (Lipinski definition) is 7. The maximum Gasteiger partial charge on any atom is 0.243 e. The second-order valence-electron chi connectivity index (χ2n) is 7.80. The summed E-state index contributed by atoms with van der Waals surface area (Å²) in [7, 11) is 0. The highest BCUT2D eigenvalue weighted by Crippen LogP contribution is 2.11. The molecule has 1 aromatic rings. The number of carbonyl (C=O) groups excluding carboxylic acids is 5. The molecule has 1 rings (SSSR count). The van der Waals surface area contributed by atoms with Gasteiger partial charge in [0.15, 0.2) is 5.96 Å². The van der Waals surface area contributed by atoms with Crippen molar-refractivity contribution >= 4 is 35.5 Å². The first kappa shape index (κ1) is 28.7. The molecule has 12 N–H and O–H groups in total. The number of hydrogen-bond donors (Lipinski definition) is 9. The van der Waals surface area contributed by atoms with Crippen molar-refractivity contribution in [3.63, 3.8) is 0 Å². The first-order valence-electron chi connectivity index (χ1n) is 10.7. The zero-order valence-electron chi connectivity index (χ0n) is 19.3. The van der Waals surface area contributed by atoms with Gasteiger partial charge in [0, 0.05) is 19.9 Å². The van der Waals surface area contributed by atoms with Crippen LogP contribution < -0.4 is 38.5 Å². The van der Waals surface area contributed by atoms with Crippen molar-refractivity contribution in [3.05, 3.63) is 29.8 Å². The van der Waals surface area contributed by atoms with E-state index in [1.165, 1.54) is 19.1 Å². The number of aromatic hydroxyl groups is 1. The molecule has 0 heterocycles. The summed E-state index contributed by atoms with van der Waals surface area (Å²) in [5.74, 6) is -4.10. The van der Waals surface area contributed by atoms with Gasteiger partial charge in [-0.3, -0.25) is 29.4 Å². The normalized spacial score (nSPS) is 12.9. The number of amides is 5. The van der Waals surface area contributed by atoms with Crippen molar-refractivity contribution in [2.24, 2.45) is 17.2 Å². The molecule has 0 saturated carbocycles. The Morgan fingerprint density at radius 1 is 0.914 bits per heavy atom. The van der Waals surface area contributed by atoms with Crippen LogP contribution in [0.1, 0.15) is 31.7 Å². The fourth-order valence-electron chi connectivity index (χ4n) is 3.09. The van der Waals surface area contributed by atoms with Crippen molar-refractivity contribution in [2.45, 2.75) is 50.7 Å². The minimum atomic E-state index is -1.44. The molecule has 0 spiro atoms. The third-order valence-corrected chi connectivity index (χ3v) is 4.75. The number of nitrogens with two attached hydrogens (primary N) is 3. The fourth-order valence-corrected chi connectivity index (χ4v) is 3.09. The predicted octanol–water partition coefficient (Wildman–Crippen LogP) is -2.97. The van der Waals surface area contributed by atoms with Gasteiger partial charge < -0.3 is 43.6 Å². The molecule has 14 heteroatoms. The van der Waals surface area contributed by atoms with E-state index in [2.05, 4.69) is 21.3 Å². The molecule has 0 fully saturated rings. The van der Waals surface area contributed by atoms with Gasteiger partial charge in [0.05, 0.1) is 6.42 Å². The van der Waals surface area contributed by atoms with Crippen LogP contribution in [0.25, 0.3) is 0 Å². The molecule has 1 aromatic carbocycles. The van der Waals surface area contributed by atoms with Gasteiger partial charge >= 0.3 is 0 Å². The minimum absolute atomic E-state index is 0.00371. The summed E-state index contributed by atoms with van der Waals surface area (Å²) >= 11 is 0. The van der Waals surface area contributed by atoms with Gasteiger partial charge in [0.2, 0.25) is 29.5 Å². The quantitative estimate of drug-likeness (QED) is 0.0734. The molecule has 14 nitrogen and oxygen atoms in total. The average Bonchev–Trinajstić information content (AvgIpc) is 2.75. The smallest absolute Gasteiger partial charge is 0.243 e. The van der Waals surface area contributed by atoms with Gasteiger partial charge in [-0.05, 0) is 30.5 Å². The van der Waals surface area contributed by atoms with Crippen molar-refractivity contribution in [3.8, 4) is 5.75 Å². The van der Waals surface area contributed by atoms with Crippen LogP contribution in [0, 0.1) is 5.41 Å². The molecule has 0 bridgehead atoms. The summed E-state index contributed by atoms with van der Waals surface area (Å²) in [5.41, 5.74) is 16.4. The summed E-state index contributed by atoms with van der Waals surface area (Å²) in [5, 5.41) is 26.3. The summed E-state index contributed by atoms with van der Waals surface area (Å²) < 4.78 is 0. The van der Waals surface area contributed by atoms with Crippen LogP contribution in [-0.2, 0) is 30.4 Å². The number of benzene rings is 1. The van der Waals surface area contributed by atoms with Gasteiger partial charge in [-0.2, -0.15) is 0 Å². The number of guanidine groups is 1. The molecule has 3 atom stereocenters. The number of primary amides is 2. The lowest BCUT2D eigenvalue weighted by molar-refractivity contribution is -0.134. The summed E-state index contributed by atoms with van der Waals surface area (Å²) in [6.07, 6.45) is -0.0837. The van der Waals surface area contributed by atoms with E-state index in [1.807, 2.05) is 0 Å². The first-order chi connectivity index (χ1) is 16.4. The van der Waals surface area contributed by atoms with E-state index < -0.39 is 54.1 Å². The lowest BCUT2D eigenvalue weighted by Crippen LogP contribution is -2.57. The molecule has 5 amide bonds. The molecule has 0 aliphatic heterocycles. The Morgan fingerprint density at radius 3 is 2.00 bits per heavy atom. The maximum atomic E-state index is 12.8. The van der Waals surface area contributed by atoms with Crippen molar-refractivity contribution < 1.29 is 29.1 Å². The zero-order valence-corrected chi connectivity index (χ0v) is 19.3. The number of phenolic OH excluding ortho intramolecular Hbond substituents is 1. The number of phenols is 1. The highest BCUT2D eigenvalue weighted by molar-refractivity contribution is 5.96. The largest absolute Gasteiger partial charge is 0.508 e. The topological polar surface area (TPSA) is 256 Å².